The zero-order valence-corrected chi connectivity index (χ0v) is 10.5. The Hall–Kier alpha value is -0.340. The minimum Gasteiger partial charge on any atom is -0.317 e. The fourth-order valence-electron chi connectivity index (χ4n) is 1.41. The molecule has 0 saturated carbocycles. The summed E-state index contributed by atoms with van der Waals surface area (Å²) in [5.74, 6) is 0. The second-order valence-electron chi connectivity index (χ2n) is 3.71. The van der Waals surface area contributed by atoms with Gasteiger partial charge in [0.25, 0.3) is 0 Å². The van der Waals surface area contributed by atoms with Gasteiger partial charge in [-0.1, -0.05) is 28.1 Å². The van der Waals surface area contributed by atoms with Crippen LogP contribution in [0.3, 0.4) is 0 Å². The molecule has 0 bridgehead atoms. The van der Waals surface area contributed by atoms with Crippen LogP contribution in [0, 0.1) is 0 Å². The molecule has 1 aromatic rings. The van der Waals surface area contributed by atoms with Crippen LogP contribution < -0.4 is 5.32 Å². The van der Waals surface area contributed by atoms with Crippen molar-refractivity contribution in [3.05, 3.63) is 34.3 Å². The maximum atomic E-state index is 3.44. The summed E-state index contributed by atoms with van der Waals surface area (Å²) in [6.07, 6.45) is 3.68. The summed E-state index contributed by atoms with van der Waals surface area (Å²) in [5.41, 5.74) is 1.43. The Morgan fingerprint density at radius 2 is 1.93 bits per heavy atom. The van der Waals surface area contributed by atoms with E-state index in [4.69, 9.17) is 0 Å². The van der Waals surface area contributed by atoms with Crippen LogP contribution in [0.5, 0.6) is 0 Å². The molecule has 78 valence electrons. The first kappa shape index (κ1) is 11.7. The predicted molar refractivity (Wildman–Crippen MR) is 65.6 cm³/mol. The van der Waals surface area contributed by atoms with Gasteiger partial charge in [0, 0.05) is 10.5 Å². The van der Waals surface area contributed by atoms with E-state index in [-0.39, 0.29) is 0 Å². The summed E-state index contributed by atoms with van der Waals surface area (Å²) in [7, 11) is 2.02. The zero-order chi connectivity index (χ0) is 10.4. The number of benzene rings is 1. The van der Waals surface area contributed by atoms with Crippen molar-refractivity contribution in [2.45, 2.75) is 32.2 Å². The third-order valence-corrected chi connectivity index (χ3v) is 3.04. The lowest BCUT2D eigenvalue weighted by Gasteiger charge is -2.09. The van der Waals surface area contributed by atoms with Gasteiger partial charge < -0.3 is 5.32 Å². The number of nitrogens with one attached hydrogen (secondary N) is 1. The largest absolute Gasteiger partial charge is 0.317 e. The van der Waals surface area contributed by atoms with E-state index in [1.807, 2.05) is 7.05 Å². The molecule has 1 unspecified atom stereocenters. The normalized spacial score (nSPS) is 12.8. The third-order valence-electron chi connectivity index (χ3n) is 2.51. The van der Waals surface area contributed by atoms with Gasteiger partial charge in [-0.15, -0.1) is 0 Å². The van der Waals surface area contributed by atoms with Gasteiger partial charge in [0.15, 0.2) is 0 Å². The van der Waals surface area contributed by atoms with Crippen LogP contribution in [-0.2, 0) is 6.42 Å². The summed E-state index contributed by atoms with van der Waals surface area (Å²) in [6.45, 7) is 2.22. The first-order chi connectivity index (χ1) is 6.72. The van der Waals surface area contributed by atoms with Crippen molar-refractivity contribution in [1.29, 1.82) is 0 Å². The minimum absolute atomic E-state index is 0.630. The van der Waals surface area contributed by atoms with Crippen LogP contribution in [0.4, 0.5) is 0 Å². The van der Waals surface area contributed by atoms with E-state index >= 15 is 0 Å². The summed E-state index contributed by atoms with van der Waals surface area (Å²) >= 11 is 3.44. The predicted octanol–water partition coefficient (Wildman–Crippen LogP) is 3.38. The molecule has 0 aliphatic heterocycles. The number of halogens is 1. The average Bonchev–Trinajstić information content (AvgIpc) is 2.21. The topological polar surface area (TPSA) is 12.0 Å². The fraction of sp³-hybridized carbons (Fsp3) is 0.500. The first-order valence-electron chi connectivity index (χ1n) is 5.14. The molecule has 1 atom stereocenters. The van der Waals surface area contributed by atoms with Crippen LogP contribution in [-0.4, -0.2) is 13.1 Å². The molecule has 0 amide bonds. The Kier molecular flexibility index (Phi) is 5.20. The molecular formula is C12H18BrN. The number of rotatable bonds is 5. The Bertz CT molecular complexity index is 256. The number of hydrogen-bond acceptors (Lipinski definition) is 1. The van der Waals surface area contributed by atoms with Gasteiger partial charge in [0.1, 0.15) is 0 Å². The van der Waals surface area contributed by atoms with Gasteiger partial charge in [0.05, 0.1) is 0 Å². The smallest absolute Gasteiger partial charge is 0.0175 e. The second-order valence-corrected chi connectivity index (χ2v) is 4.62. The molecule has 1 N–H and O–H groups in total. The molecule has 0 aromatic heterocycles. The van der Waals surface area contributed by atoms with E-state index in [1.165, 1.54) is 24.8 Å². The monoisotopic (exact) mass is 255 g/mol. The van der Waals surface area contributed by atoms with Crippen molar-refractivity contribution in [2.24, 2.45) is 0 Å². The van der Waals surface area contributed by atoms with Crippen molar-refractivity contribution in [3.8, 4) is 0 Å². The molecule has 0 heterocycles. The van der Waals surface area contributed by atoms with Crippen LogP contribution in [0.25, 0.3) is 0 Å². The van der Waals surface area contributed by atoms with Gasteiger partial charge in [-0.25, -0.2) is 0 Å². The van der Waals surface area contributed by atoms with Crippen molar-refractivity contribution in [3.63, 3.8) is 0 Å². The van der Waals surface area contributed by atoms with Crippen molar-refractivity contribution in [2.75, 3.05) is 7.05 Å². The lowest BCUT2D eigenvalue weighted by Crippen LogP contribution is -2.20. The molecule has 0 spiro atoms. The summed E-state index contributed by atoms with van der Waals surface area (Å²) in [4.78, 5) is 0. The highest BCUT2D eigenvalue weighted by Gasteiger charge is 1.98. The minimum atomic E-state index is 0.630. The van der Waals surface area contributed by atoms with E-state index in [1.54, 1.807) is 0 Å². The molecule has 1 aromatic carbocycles. The highest BCUT2D eigenvalue weighted by atomic mass is 79.9. The highest BCUT2D eigenvalue weighted by Crippen LogP contribution is 2.12. The Labute approximate surface area is 95.0 Å². The number of hydrogen-bond donors (Lipinski definition) is 1. The second kappa shape index (κ2) is 6.20. The van der Waals surface area contributed by atoms with Crippen LogP contribution in [0.2, 0.25) is 0 Å². The van der Waals surface area contributed by atoms with Crippen molar-refractivity contribution in [1.82, 2.24) is 5.32 Å². The van der Waals surface area contributed by atoms with Crippen LogP contribution in [0.15, 0.2) is 28.7 Å². The Morgan fingerprint density at radius 1 is 1.29 bits per heavy atom. The molecule has 14 heavy (non-hydrogen) atoms. The SMILES string of the molecule is CNC(C)CCCc1ccc(Br)cc1. The van der Waals surface area contributed by atoms with E-state index in [2.05, 4.69) is 52.4 Å². The van der Waals surface area contributed by atoms with E-state index < -0.39 is 0 Å². The average molecular weight is 256 g/mol. The van der Waals surface area contributed by atoms with E-state index in [0.717, 1.165) is 4.47 Å². The highest BCUT2D eigenvalue weighted by molar-refractivity contribution is 9.10. The van der Waals surface area contributed by atoms with Crippen LogP contribution in [0.1, 0.15) is 25.3 Å². The molecule has 0 saturated heterocycles. The molecular weight excluding hydrogens is 238 g/mol. The summed E-state index contributed by atoms with van der Waals surface area (Å²) in [6, 6.07) is 9.22. The van der Waals surface area contributed by atoms with E-state index in [9.17, 15) is 0 Å². The zero-order valence-electron chi connectivity index (χ0n) is 8.89. The van der Waals surface area contributed by atoms with Gasteiger partial charge in [-0.05, 0) is 50.9 Å². The van der Waals surface area contributed by atoms with Crippen molar-refractivity contribution < 1.29 is 0 Å². The van der Waals surface area contributed by atoms with Gasteiger partial charge in [0.2, 0.25) is 0 Å². The molecule has 0 radical (unpaired) electrons. The van der Waals surface area contributed by atoms with Gasteiger partial charge in [-0.2, -0.15) is 0 Å². The lowest BCUT2D eigenvalue weighted by atomic mass is 10.1. The quantitative estimate of drug-likeness (QED) is 0.851. The maximum absolute atomic E-state index is 3.44. The molecule has 2 heteroatoms. The molecule has 0 aliphatic rings. The molecule has 0 aliphatic carbocycles. The number of aryl methyl sites for hydroxylation is 1. The summed E-state index contributed by atoms with van der Waals surface area (Å²) < 4.78 is 1.16. The van der Waals surface area contributed by atoms with Crippen LogP contribution >= 0.6 is 15.9 Å². The first-order valence-corrected chi connectivity index (χ1v) is 5.93. The molecule has 1 nitrogen and oxygen atoms in total. The third kappa shape index (κ3) is 4.25. The summed E-state index contributed by atoms with van der Waals surface area (Å²) in [5, 5.41) is 3.25. The van der Waals surface area contributed by atoms with Gasteiger partial charge in [-0.3, -0.25) is 0 Å². The lowest BCUT2D eigenvalue weighted by molar-refractivity contribution is 0.542. The Morgan fingerprint density at radius 3 is 2.50 bits per heavy atom. The van der Waals surface area contributed by atoms with Gasteiger partial charge >= 0.3 is 0 Å². The van der Waals surface area contributed by atoms with E-state index in [0.29, 0.717) is 6.04 Å². The molecule has 0 fully saturated rings. The van der Waals surface area contributed by atoms with Crippen molar-refractivity contribution >= 4 is 15.9 Å². The Balaban J connectivity index is 2.28. The standard InChI is InChI=1S/C12H18BrN/c1-10(14-2)4-3-5-11-6-8-12(13)9-7-11/h6-10,14H,3-5H2,1-2H3. The fourth-order valence-corrected chi connectivity index (χ4v) is 1.67. The maximum Gasteiger partial charge on any atom is 0.0175 e. The molecule has 1 rings (SSSR count).